The highest BCUT2D eigenvalue weighted by molar-refractivity contribution is 7.07. The molecule has 0 saturated heterocycles. The number of carboxylic acid groups (broad SMARTS) is 1. The molecule has 15 heavy (non-hydrogen) atoms. The summed E-state index contributed by atoms with van der Waals surface area (Å²) in [5, 5.41) is 13.5. The highest BCUT2D eigenvalue weighted by Crippen LogP contribution is 2.60. The molecule has 3 heteroatoms. The van der Waals surface area contributed by atoms with Gasteiger partial charge in [0, 0.05) is 0 Å². The van der Waals surface area contributed by atoms with Crippen LogP contribution in [0.3, 0.4) is 0 Å². The number of thiophene rings is 1. The Morgan fingerprint density at radius 3 is 2.80 bits per heavy atom. The molecule has 80 valence electrons. The van der Waals surface area contributed by atoms with Crippen molar-refractivity contribution in [3.05, 3.63) is 22.4 Å². The number of fused-ring (bicyclic) bond motifs is 1. The Morgan fingerprint density at radius 1 is 1.53 bits per heavy atom. The molecule has 1 N–H and O–H groups in total. The van der Waals surface area contributed by atoms with Gasteiger partial charge in [0.2, 0.25) is 0 Å². The van der Waals surface area contributed by atoms with Gasteiger partial charge in [0.05, 0.1) is 5.41 Å². The van der Waals surface area contributed by atoms with E-state index in [1.807, 2.05) is 5.38 Å². The first-order valence-electron chi connectivity index (χ1n) is 5.44. The zero-order valence-corrected chi connectivity index (χ0v) is 9.30. The molecule has 1 heterocycles. The summed E-state index contributed by atoms with van der Waals surface area (Å²) in [5.41, 5.74) is 0.762. The number of carboxylic acids is 1. The van der Waals surface area contributed by atoms with Crippen molar-refractivity contribution in [2.24, 2.45) is 17.3 Å². The van der Waals surface area contributed by atoms with Gasteiger partial charge in [-0.2, -0.15) is 11.3 Å². The van der Waals surface area contributed by atoms with E-state index in [1.54, 1.807) is 11.3 Å². The molecule has 0 amide bonds. The molecule has 2 atom stereocenters. The molecule has 2 aliphatic rings. The van der Waals surface area contributed by atoms with E-state index < -0.39 is 11.4 Å². The van der Waals surface area contributed by atoms with Gasteiger partial charge in [-0.15, -0.1) is 0 Å². The lowest BCUT2D eigenvalue weighted by molar-refractivity contribution is -0.149. The number of hydrogen-bond donors (Lipinski definition) is 1. The zero-order chi connectivity index (χ0) is 10.5. The van der Waals surface area contributed by atoms with E-state index >= 15 is 0 Å². The minimum atomic E-state index is -0.582. The van der Waals surface area contributed by atoms with Crippen molar-refractivity contribution in [1.82, 2.24) is 0 Å². The molecule has 0 aliphatic heterocycles. The lowest BCUT2D eigenvalue weighted by Gasteiger charge is -2.25. The van der Waals surface area contributed by atoms with Crippen molar-refractivity contribution in [1.29, 1.82) is 0 Å². The molecule has 3 rings (SSSR count). The van der Waals surface area contributed by atoms with Crippen LogP contribution in [-0.4, -0.2) is 11.1 Å². The Balaban J connectivity index is 1.82. The van der Waals surface area contributed by atoms with E-state index in [9.17, 15) is 9.90 Å². The van der Waals surface area contributed by atoms with Crippen molar-refractivity contribution in [2.45, 2.75) is 25.7 Å². The third-order valence-electron chi connectivity index (χ3n) is 3.95. The maximum Gasteiger partial charge on any atom is 0.309 e. The van der Waals surface area contributed by atoms with Crippen molar-refractivity contribution in [3.8, 4) is 0 Å². The van der Waals surface area contributed by atoms with Gasteiger partial charge in [0.15, 0.2) is 0 Å². The highest BCUT2D eigenvalue weighted by atomic mass is 32.1. The summed E-state index contributed by atoms with van der Waals surface area (Å²) in [6, 6.07) is 2.05. The number of aliphatic carboxylic acids is 1. The molecule has 0 aromatic carbocycles. The lowest BCUT2D eigenvalue weighted by atomic mass is 9.78. The van der Waals surface area contributed by atoms with Crippen LogP contribution in [-0.2, 0) is 11.2 Å². The first-order valence-corrected chi connectivity index (χ1v) is 6.38. The molecule has 2 saturated carbocycles. The topological polar surface area (TPSA) is 37.3 Å². The fourth-order valence-corrected chi connectivity index (χ4v) is 3.74. The van der Waals surface area contributed by atoms with Crippen LogP contribution in [0.5, 0.6) is 0 Å². The van der Waals surface area contributed by atoms with Gasteiger partial charge in [-0.3, -0.25) is 4.79 Å². The van der Waals surface area contributed by atoms with E-state index in [0.717, 1.165) is 31.1 Å². The van der Waals surface area contributed by atoms with Crippen LogP contribution in [0.1, 0.15) is 24.8 Å². The maximum absolute atomic E-state index is 11.4. The largest absolute Gasteiger partial charge is 0.481 e. The number of hydrogen-bond acceptors (Lipinski definition) is 2. The molecule has 0 radical (unpaired) electrons. The summed E-state index contributed by atoms with van der Waals surface area (Å²) >= 11 is 1.65. The molecule has 2 nitrogen and oxygen atoms in total. The summed E-state index contributed by atoms with van der Waals surface area (Å²) in [7, 11) is 0. The Morgan fingerprint density at radius 2 is 2.27 bits per heavy atom. The van der Waals surface area contributed by atoms with Gasteiger partial charge in [-0.25, -0.2) is 0 Å². The van der Waals surface area contributed by atoms with E-state index in [2.05, 4.69) is 11.4 Å². The Kier molecular flexibility index (Phi) is 1.93. The van der Waals surface area contributed by atoms with Crippen LogP contribution in [0.4, 0.5) is 0 Å². The van der Waals surface area contributed by atoms with E-state index in [4.69, 9.17) is 0 Å². The molecule has 2 fully saturated rings. The van der Waals surface area contributed by atoms with Crippen molar-refractivity contribution in [3.63, 3.8) is 0 Å². The summed E-state index contributed by atoms with van der Waals surface area (Å²) < 4.78 is 0. The normalized spacial score (nSPS) is 37.6. The van der Waals surface area contributed by atoms with Crippen LogP contribution in [0, 0.1) is 17.3 Å². The second kappa shape index (κ2) is 3.08. The fraction of sp³-hybridized carbons (Fsp3) is 0.583. The number of rotatable bonds is 3. The van der Waals surface area contributed by atoms with E-state index in [-0.39, 0.29) is 0 Å². The zero-order valence-electron chi connectivity index (χ0n) is 8.48. The van der Waals surface area contributed by atoms with Crippen molar-refractivity contribution < 1.29 is 9.90 Å². The molecule has 0 spiro atoms. The second-order valence-electron chi connectivity index (χ2n) is 5.06. The lowest BCUT2D eigenvalue weighted by Crippen LogP contribution is -2.31. The quantitative estimate of drug-likeness (QED) is 0.853. The maximum atomic E-state index is 11.4. The smallest absolute Gasteiger partial charge is 0.309 e. The standard InChI is InChI=1S/C12H14O2S/c13-11(14)12(4-8-1-2-15-7-8)5-9-3-10(9)6-12/h1-2,7,9-10H,3-6H2,(H,13,14). The van der Waals surface area contributed by atoms with Gasteiger partial charge < -0.3 is 5.11 Å². The molecule has 1 aromatic heterocycles. The minimum Gasteiger partial charge on any atom is -0.481 e. The van der Waals surface area contributed by atoms with Crippen LogP contribution < -0.4 is 0 Å². The predicted molar refractivity (Wildman–Crippen MR) is 58.9 cm³/mol. The summed E-state index contributed by atoms with van der Waals surface area (Å²) in [6.45, 7) is 0. The summed E-state index contributed by atoms with van der Waals surface area (Å²) in [4.78, 5) is 11.4. The van der Waals surface area contributed by atoms with Crippen LogP contribution in [0.25, 0.3) is 0 Å². The average Bonchev–Trinajstić information content (AvgIpc) is 2.68. The molecular weight excluding hydrogens is 208 g/mol. The third kappa shape index (κ3) is 1.49. The van der Waals surface area contributed by atoms with Gasteiger partial charge in [0.25, 0.3) is 0 Å². The van der Waals surface area contributed by atoms with Crippen LogP contribution in [0.15, 0.2) is 16.8 Å². The third-order valence-corrected chi connectivity index (χ3v) is 4.68. The molecule has 2 aliphatic carbocycles. The SMILES string of the molecule is O=C(O)C1(Cc2ccsc2)CC2CC2C1. The number of carbonyl (C=O) groups is 1. The van der Waals surface area contributed by atoms with Crippen LogP contribution in [0.2, 0.25) is 0 Å². The Hall–Kier alpha value is -0.830. The first kappa shape index (κ1) is 9.40. The van der Waals surface area contributed by atoms with E-state index in [1.165, 1.54) is 12.0 Å². The molecule has 2 unspecified atom stereocenters. The van der Waals surface area contributed by atoms with Crippen molar-refractivity contribution in [2.75, 3.05) is 0 Å². The van der Waals surface area contributed by atoms with Gasteiger partial charge in [0.1, 0.15) is 0 Å². The van der Waals surface area contributed by atoms with E-state index in [0.29, 0.717) is 0 Å². The van der Waals surface area contributed by atoms with Gasteiger partial charge in [-0.05, 0) is 59.9 Å². The monoisotopic (exact) mass is 222 g/mol. The highest BCUT2D eigenvalue weighted by Gasteiger charge is 2.57. The average molecular weight is 222 g/mol. The van der Waals surface area contributed by atoms with Gasteiger partial charge in [-0.1, -0.05) is 0 Å². The Labute approximate surface area is 92.9 Å². The second-order valence-corrected chi connectivity index (χ2v) is 5.84. The first-order chi connectivity index (χ1) is 7.20. The molecule has 1 aromatic rings. The van der Waals surface area contributed by atoms with Gasteiger partial charge >= 0.3 is 5.97 Å². The summed E-state index contributed by atoms with van der Waals surface area (Å²) in [6.07, 6.45) is 3.82. The fourth-order valence-electron chi connectivity index (χ4n) is 3.08. The predicted octanol–water partition coefficient (Wildman–Crippen LogP) is 2.79. The Bertz CT molecular complexity index is 372. The van der Waals surface area contributed by atoms with Crippen molar-refractivity contribution >= 4 is 17.3 Å². The molecular formula is C12H14O2S. The molecule has 0 bridgehead atoms. The van der Waals surface area contributed by atoms with Crippen LogP contribution >= 0.6 is 11.3 Å². The summed E-state index contributed by atoms with van der Waals surface area (Å²) in [5.74, 6) is 0.861. The minimum absolute atomic E-state index is 0.436.